The van der Waals surface area contributed by atoms with Crippen molar-refractivity contribution in [3.8, 4) is 17.4 Å². The van der Waals surface area contributed by atoms with Crippen LogP contribution in [0.2, 0.25) is 0 Å². The van der Waals surface area contributed by atoms with Crippen molar-refractivity contribution in [3.63, 3.8) is 0 Å². The largest absolute Gasteiger partial charge is 0.493 e. The molecule has 0 radical (unpaired) electrons. The van der Waals surface area contributed by atoms with Gasteiger partial charge >= 0.3 is 0 Å². The number of nitrogens with zero attached hydrogens (tertiary/aromatic N) is 1. The van der Waals surface area contributed by atoms with Crippen LogP contribution in [0.15, 0.2) is 29.4 Å². The van der Waals surface area contributed by atoms with Crippen LogP contribution in [0.25, 0.3) is 6.08 Å². The SMILES string of the molecule is CC(=N/C=C/c1ccc2c(c1)OCO2)c1sc(=S)[nH]c1O. The van der Waals surface area contributed by atoms with E-state index in [4.69, 9.17) is 21.7 Å². The number of thiazole rings is 1. The summed E-state index contributed by atoms with van der Waals surface area (Å²) in [5, 5.41) is 9.68. The van der Waals surface area contributed by atoms with Crippen LogP contribution in [-0.4, -0.2) is 22.6 Å². The number of aromatic nitrogens is 1. The van der Waals surface area contributed by atoms with Crippen LogP contribution in [-0.2, 0) is 0 Å². The van der Waals surface area contributed by atoms with Crippen LogP contribution in [0.1, 0.15) is 17.4 Å². The number of ether oxygens (including phenoxy) is 2. The average Bonchev–Trinajstić information content (AvgIpc) is 3.04. The van der Waals surface area contributed by atoms with Crippen molar-refractivity contribution in [2.24, 2.45) is 4.99 Å². The van der Waals surface area contributed by atoms with Crippen LogP contribution in [0.5, 0.6) is 17.4 Å². The Morgan fingerprint density at radius 1 is 1.43 bits per heavy atom. The quantitative estimate of drug-likeness (QED) is 0.668. The van der Waals surface area contributed by atoms with Crippen molar-refractivity contribution in [2.45, 2.75) is 6.92 Å². The Kier molecular flexibility index (Phi) is 3.76. The highest BCUT2D eigenvalue weighted by molar-refractivity contribution is 7.73. The number of benzene rings is 1. The summed E-state index contributed by atoms with van der Waals surface area (Å²) in [4.78, 5) is 7.63. The minimum atomic E-state index is 0.0581. The first-order valence-electron chi connectivity index (χ1n) is 6.16. The standard InChI is InChI=1S/C14H12N2O3S2/c1-8(12-13(17)16-14(20)21-12)15-5-4-9-2-3-10-11(6-9)19-7-18-10/h2-6,17H,7H2,1H3,(H,16,20)/b5-4+,15-8?. The van der Waals surface area contributed by atoms with Crippen molar-refractivity contribution in [2.75, 3.05) is 6.79 Å². The number of hydrogen-bond donors (Lipinski definition) is 2. The molecule has 0 fully saturated rings. The molecule has 1 aromatic carbocycles. The van der Waals surface area contributed by atoms with E-state index in [0.717, 1.165) is 17.1 Å². The second-order valence-electron chi connectivity index (χ2n) is 4.34. The van der Waals surface area contributed by atoms with E-state index in [1.165, 1.54) is 11.3 Å². The molecule has 3 rings (SSSR count). The van der Waals surface area contributed by atoms with Crippen molar-refractivity contribution in [1.29, 1.82) is 0 Å². The van der Waals surface area contributed by atoms with Gasteiger partial charge in [0.1, 0.15) is 4.88 Å². The molecule has 5 nitrogen and oxygen atoms in total. The molecule has 1 aliphatic rings. The molecule has 1 aromatic heterocycles. The number of H-pyrrole nitrogens is 1. The van der Waals surface area contributed by atoms with E-state index in [-0.39, 0.29) is 12.7 Å². The first-order chi connectivity index (χ1) is 10.1. The highest BCUT2D eigenvalue weighted by atomic mass is 32.1. The molecule has 2 aromatic rings. The molecule has 0 atom stereocenters. The summed E-state index contributed by atoms with van der Waals surface area (Å²) in [7, 11) is 0. The van der Waals surface area contributed by atoms with Gasteiger partial charge in [-0.25, -0.2) is 0 Å². The molecule has 0 spiro atoms. The van der Waals surface area contributed by atoms with E-state index < -0.39 is 0 Å². The molecule has 108 valence electrons. The van der Waals surface area contributed by atoms with Gasteiger partial charge in [0.25, 0.3) is 0 Å². The lowest BCUT2D eigenvalue weighted by molar-refractivity contribution is 0.174. The summed E-state index contributed by atoms with van der Waals surface area (Å²) >= 11 is 6.27. The molecule has 0 aliphatic carbocycles. The molecule has 0 unspecified atom stereocenters. The van der Waals surface area contributed by atoms with E-state index in [0.29, 0.717) is 14.5 Å². The lowest BCUT2D eigenvalue weighted by Crippen LogP contribution is -1.92. The summed E-state index contributed by atoms with van der Waals surface area (Å²) < 4.78 is 11.1. The summed E-state index contributed by atoms with van der Waals surface area (Å²) in [6.45, 7) is 2.08. The van der Waals surface area contributed by atoms with Gasteiger partial charge in [-0.05, 0) is 42.9 Å². The monoisotopic (exact) mass is 320 g/mol. The number of aromatic amines is 1. The number of nitrogens with one attached hydrogen (secondary N) is 1. The van der Waals surface area contributed by atoms with Gasteiger partial charge in [0.05, 0.1) is 5.71 Å². The fraction of sp³-hybridized carbons (Fsp3) is 0.143. The van der Waals surface area contributed by atoms with Crippen molar-refractivity contribution < 1.29 is 14.6 Å². The maximum Gasteiger partial charge on any atom is 0.231 e. The van der Waals surface area contributed by atoms with Crippen molar-refractivity contribution in [3.05, 3.63) is 38.8 Å². The zero-order valence-electron chi connectivity index (χ0n) is 11.1. The Balaban J connectivity index is 1.78. The fourth-order valence-electron chi connectivity index (χ4n) is 1.88. The third-order valence-electron chi connectivity index (χ3n) is 2.89. The van der Waals surface area contributed by atoms with Gasteiger partial charge in [-0.1, -0.05) is 17.4 Å². The smallest absolute Gasteiger partial charge is 0.231 e. The highest BCUT2D eigenvalue weighted by Gasteiger charge is 2.12. The Morgan fingerprint density at radius 3 is 3.00 bits per heavy atom. The summed E-state index contributed by atoms with van der Waals surface area (Å²) in [5.41, 5.74) is 1.66. The van der Waals surface area contributed by atoms with Crippen LogP contribution in [0.3, 0.4) is 0 Å². The predicted molar refractivity (Wildman–Crippen MR) is 85.0 cm³/mol. The zero-order valence-corrected chi connectivity index (χ0v) is 12.8. The molecular weight excluding hydrogens is 308 g/mol. The highest BCUT2D eigenvalue weighted by Crippen LogP contribution is 2.32. The third-order valence-corrected chi connectivity index (χ3v) is 4.22. The van der Waals surface area contributed by atoms with E-state index >= 15 is 0 Å². The minimum absolute atomic E-state index is 0.0581. The number of aliphatic imine (C=N–C) groups is 1. The van der Waals surface area contributed by atoms with Crippen LogP contribution < -0.4 is 9.47 Å². The molecule has 0 bridgehead atoms. The second kappa shape index (κ2) is 5.71. The summed E-state index contributed by atoms with van der Waals surface area (Å²) in [6, 6.07) is 5.68. The molecule has 21 heavy (non-hydrogen) atoms. The molecule has 7 heteroatoms. The van der Waals surface area contributed by atoms with Gasteiger partial charge in [0, 0.05) is 6.20 Å². The maximum absolute atomic E-state index is 9.68. The van der Waals surface area contributed by atoms with E-state index in [1.54, 1.807) is 6.20 Å². The van der Waals surface area contributed by atoms with Gasteiger partial charge in [-0.15, -0.1) is 0 Å². The Hall–Kier alpha value is -2.12. The number of fused-ring (bicyclic) bond motifs is 1. The molecule has 2 N–H and O–H groups in total. The Labute approximate surface area is 130 Å². The van der Waals surface area contributed by atoms with Gasteiger partial charge in [-0.3, -0.25) is 4.99 Å². The fourth-order valence-corrected chi connectivity index (χ4v) is 2.90. The normalized spacial score (nSPS) is 14.0. The second-order valence-corrected chi connectivity index (χ2v) is 6.02. The Morgan fingerprint density at radius 2 is 2.24 bits per heavy atom. The van der Waals surface area contributed by atoms with Crippen LogP contribution in [0.4, 0.5) is 0 Å². The van der Waals surface area contributed by atoms with Crippen LogP contribution >= 0.6 is 23.6 Å². The molecule has 0 saturated carbocycles. The zero-order chi connectivity index (χ0) is 14.8. The Bertz CT molecular complexity index is 790. The van der Waals surface area contributed by atoms with Gasteiger partial charge < -0.3 is 19.6 Å². The van der Waals surface area contributed by atoms with Crippen molar-refractivity contribution in [1.82, 2.24) is 4.98 Å². The first kappa shape index (κ1) is 13.8. The molecule has 0 saturated heterocycles. The molecule has 1 aliphatic heterocycles. The van der Waals surface area contributed by atoms with Gasteiger partial charge in [0.15, 0.2) is 15.5 Å². The number of aromatic hydroxyl groups is 1. The van der Waals surface area contributed by atoms with Crippen molar-refractivity contribution >= 4 is 35.3 Å². The van der Waals surface area contributed by atoms with E-state index in [1.807, 2.05) is 31.2 Å². The lowest BCUT2D eigenvalue weighted by Gasteiger charge is -1.97. The number of hydrogen-bond acceptors (Lipinski definition) is 6. The van der Waals surface area contributed by atoms with Gasteiger partial charge in [0.2, 0.25) is 12.7 Å². The molecule has 0 amide bonds. The van der Waals surface area contributed by atoms with Crippen LogP contribution in [0, 0.1) is 3.95 Å². The first-order valence-corrected chi connectivity index (χ1v) is 7.39. The maximum atomic E-state index is 9.68. The van der Waals surface area contributed by atoms with E-state index in [9.17, 15) is 5.11 Å². The number of rotatable bonds is 3. The predicted octanol–water partition coefficient (Wildman–Crippen LogP) is 3.72. The average molecular weight is 320 g/mol. The molecular formula is C14H12N2O3S2. The summed E-state index contributed by atoms with van der Waals surface area (Å²) in [5.74, 6) is 1.55. The lowest BCUT2D eigenvalue weighted by atomic mass is 10.2. The third kappa shape index (κ3) is 2.98. The molecule has 2 heterocycles. The van der Waals surface area contributed by atoms with E-state index in [2.05, 4.69) is 9.98 Å². The minimum Gasteiger partial charge on any atom is -0.493 e. The van der Waals surface area contributed by atoms with Gasteiger partial charge in [-0.2, -0.15) is 0 Å². The topological polar surface area (TPSA) is 66.8 Å². The summed E-state index contributed by atoms with van der Waals surface area (Å²) in [6.07, 6.45) is 3.53.